The van der Waals surface area contributed by atoms with Gasteiger partial charge in [0.15, 0.2) is 0 Å². The fourth-order valence-electron chi connectivity index (χ4n) is 2.06. The maximum atomic E-state index is 3.36. The Morgan fingerprint density at radius 3 is 2.60 bits per heavy atom. The fraction of sp³-hybridized carbons (Fsp3) is 0.133. The van der Waals surface area contributed by atoms with E-state index in [-0.39, 0.29) is 0 Å². The van der Waals surface area contributed by atoms with Gasteiger partial charge in [-0.2, -0.15) is 0 Å². The molecule has 15 heavy (non-hydrogen) atoms. The molecule has 0 fully saturated rings. The van der Waals surface area contributed by atoms with E-state index < -0.39 is 0 Å². The van der Waals surface area contributed by atoms with Gasteiger partial charge in [0.05, 0.1) is 0 Å². The summed E-state index contributed by atoms with van der Waals surface area (Å²) < 4.78 is 0. The van der Waals surface area contributed by atoms with Crippen LogP contribution in [0.25, 0.3) is 22.6 Å². The minimum atomic E-state index is 1.10. The first-order valence-corrected chi connectivity index (χ1v) is 5.38. The molecule has 0 radical (unpaired) electrons. The van der Waals surface area contributed by atoms with Crippen LogP contribution in [0.3, 0.4) is 0 Å². The van der Waals surface area contributed by atoms with Crippen molar-refractivity contribution in [2.75, 3.05) is 0 Å². The molecule has 2 aromatic rings. The Kier molecular flexibility index (Phi) is 1.94. The molecule has 0 N–H and O–H groups in total. The molecular formula is C15H12. The number of hydrogen-bond donors (Lipinski definition) is 0. The van der Waals surface area contributed by atoms with Crippen molar-refractivity contribution in [1.82, 2.24) is 0 Å². The summed E-state index contributed by atoms with van der Waals surface area (Å²) >= 11 is 0. The van der Waals surface area contributed by atoms with Gasteiger partial charge in [0, 0.05) is 5.22 Å². The third kappa shape index (κ3) is 1.49. The zero-order valence-corrected chi connectivity index (χ0v) is 8.53. The maximum absolute atomic E-state index is 3.36. The van der Waals surface area contributed by atoms with Gasteiger partial charge < -0.3 is 0 Å². The second-order valence-corrected chi connectivity index (χ2v) is 3.92. The largest absolute Gasteiger partial charge is 0.117 e. The summed E-state index contributed by atoms with van der Waals surface area (Å²) in [6, 6.07) is 13.0. The van der Waals surface area contributed by atoms with Gasteiger partial charge >= 0.3 is 0 Å². The molecule has 0 atom stereocenters. The van der Waals surface area contributed by atoms with Crippen molar-refractivity contribution in [2.24, 2.45) is 0 Å². The molecule has 0 heteroatoms. The van der Waals surface area contributed by atoms with Gasteiger partial charge in [-0.3, -0.25) is 0 Å². The highest BCUT2D eigenvalue weighted by atomic mass is 14.0. The monoisotopic (exact) mass is 192 g/mol. The summed E-state index contributed by atoms with van der Waals surface area (Å²) in [4.78, 5) is 0. The first-order valence-electron chi connectivity index (χ1n) is 5.38. The number of hydrogen-bond acceptors (Lipinski definition) is 0. The van der Waals surface area contributed by atoms with E-state index in [1.807, 2.05) is 0 Å². The lowest BCUT2D eigenvalue weighted by atomic mass is 10.1. The van der Waals surface area contributed by atoms with Crippen LogP contribution in [0.5, 0.6) is 0 Å². The first kappa shape index (κ1) is 8.52. The number of benzene rings is 2. The molecule has 1 aliphatic carbocycles. The Morgan fingerprint density at radius 1 is 0.933 bits per heavy atom. The van der Waals surface area contributed by atoms with Crippen LogP contribution in [0.2, 0.25) is 0 Å². The van der Waals surface area contributed by atoms with Crippen LogP contribution in [-0.4, -0.2) is 0 Å². The molecule has 0 unspecified atom stereocenters. The van der Waals surface area contributed by atoms with Gasteiger partial charge in [-0.25, -0.2) is 0 Å². The fourth-order valence-corrected chi connectivity index (χ4v) is 2.06. The minimum absolute atomic E-state index is 1.10. The quantitative estimate of drug-likeness (QED) is 0.601. The second-order valence-electron chi connectivity index (χ2n) is 3.92. The van der Waals surface area contributed by atoms with Crippen LogP contribution in [-0.2, 0) is 0 Å². The summed E-state index contributed by atoms with van der Waals surface area (Å²) in [6.45, 7) is 0. The first-order chi connectivity index (χ1) is 7.43. The molecule has 0 amide bonds. The van der Waals surface area contributed by atoms with Gasteiger partial charge in [-0.1, -0.05) is 30.3 Å². The molecule has 3 rings (SSSR count). The highest BCUT2D eigenvalue weighted by Crippen LogP contribution is 2.08. The number of allylic oxidation sites excluding steroid dienone is 1. The van der Waals surface area contributed by atoms with Crippen LogP contribution < -0.4 is 10.4 Å². The molecular weight excluding hydrogens is 180 g/mol. The predicted molar refractivity (Wildman–Crippen MR) is 64.9 cm³/mol. The van der Waals surface area contributed by atoms with Gasteiger partial charge in [0.1, 0.15) is 0 Å². The van der Waals surface area contributed by atoms with Crippen molar-refractivity contribution in [2.45, 2.75) is 12.8 Å². The van der Waals surface area contributed by atoms with Crippen molar-refractivity contribution in [3.8, 4) is 0 Å². The van der Waals surface area contributed by atoms with E-state index in [4.69, 9.17) is 0 Å². The van der Waals surface area contributed by atoms with E-state index in [1.54, 1.807) is 0 Å². The summed E-state index contributed by atoms with van der Waals surface area (Å²) in [5.41, 5.74) is 3.36. The normalized spacial score (nSPS) is 13.9. The summed E-state index contributed by atoms with van der Waals surface area (Å²) in [6.07, 6.45) is 6.67. The van der Waals surface area contributed by atoms with Crippen LogP contribution >= 0.6 is 0 Å². The molecule has 0 spiro atoms. The van der Waals surface area contributed by atoms with E-state index in [0.29, 0.717) is 0 Å². The van der Waals surface area contributed by atoms with Crippen molar-refractivity contribution in [1.29, 1.82) is 0 Å². The van der Waals surface area contributed by atoms with E-state index in [2.05, 4.69) is 54.3 Å². The Balaban J connectivity index is 2.54. The Morgan fingerprint density at radius 2 is 1.73 bits per heavy atom. The average molecular weight is 192 g/mol. The van der Waals surface area contributed by atoms with Crippen LogP contribution in [0.15, 0.2) is 42.5 Å². The summed E-state index contributed by atoms with van der Waals surface area (Å²) in [5, 5.41) is 5.16. The average Bonchev–Trinajstić information content (AvgIpc) is 2.50. The van der Waals surface area contributed by atoms with E-state index in [9.17, 15) is 0 Å². The molecule has 2 aromatic carbocycles. The highest BCUT2D eigenvalue weighted by Gasteiger charge is 1.94. The van der Waals surface area contributed by atoms with Crippen LogP contribution in [0, 0.1) is 0 Å². The molecule has 0 bridgehead atoms. The van der Waals surface area contributed by atoms with E-state index in [0.717, 1.165) is 12.8 Å². The lowest BCUT2D eigenvalue weighted by Crippen LogP contribution is -2.22. The van der Waals surface area contributed by atoms with Gasteiger partial charge in [-0.05, 0) is 47.0 Å². The van der Waals surface area contributed by atoms with Crippen molar-refractivity contribution in [3.05, 3.63) is 52.9 Å². The SMILES string of the molecule is C1=CCCC=c2cc3ccccc3cc2=1. The lowest BCUT2D eigenvalue weighted by molar-refractivity contribution is 1.11. The lowest BCUT2D eigenvalue weighted by Gasteiger charge is -1.96. The van der Waals surface area contributed by atoms with Crippen LogP contribution in [0.1, 0.15) is 12.8 Å². The van der Waals surface area contributed by atoms with E-state index in [1.165, 1.54) is 21.2 Å². The molecule has 0 aliphatic heterocycles. The van der Waals surface area contributed by atoms with Gasteiger partial charge in [-0.15, -0.1) is 5.73 Å². The minimum Gasteiger partial charge on any atom is -0.117 e. The predicted octanol–water partition coefficient (Wildman–Crippen LogP) is 2.35. The molecule has 0 aromatic heterocycles. The van der Waals surface area contributed by atoms with Crippen LogP contribution in [0.4, 0.5) is 0 Å². The molecule has 0 nitrogen and oxygen atoms in total. The Labute approximate surface area is 88.9 Å². The molecule has 1 aliphatic rings. The molecule has 0 heterocycles. The third-order valence-corrected chi connectivity index (χ3v) is 2.85. The van der Waals surface area contributed by atoms with Gasteiger partial charge in [0.25, 0.3) is 0 Å². The third-order valence-electron chi connectivity index (χ3n) is 2.85. The Hall–Kier alpha value is -1.78. The van der Waals surface area contributed by atoms with Crippen molar-refractivity contribution >= 4 is 22.6 Å². The zero-order valence-electron chi connectivity index (χ0n) is 8.53. The standard InChI is InChI=1S/C15H12/c1-2-6-12-10-14-8-4-5-9-15(14)11-13(12)7-3-1/h2,4-5,7-11H,1,3H2. The molecule has 0 saturated carbocycles. The van der Waals surface area contributed by atoms with Crippen molar-refractivity contribution in [3.63, 3.8) is 0 Å². The van der Waals surface area contributed by atoms with E-state index >= 15 is 0 Å². The smallest absolute Gasteiger partial charge is 0.0236 e. The molecule has 72 valence electrons. The number of fused-ring (bicyclic) bond motifs is 2. The van der Waals surface area contributed by atoms with Gasteiger partial charge in [0.2, 0.25) is 0 Å². The number of rotatable bonds is 0. The zero-order chi connectivity index (χ0) is 10.1. The highest BCUT2D eigenvalue weighted by molar-refractivity contribution is 5.82. The molecule has 0 saturated heterocycles. The van der Waals surface area contributed by atoms with Crippen molar-refractivity contribution < 1.29 is 0 Å². The Bertz CT molecular complexity index is 656. The second kappa shape index (κ2) is 3.42. The maximum Gasteiger partial charge on any atom is 0.0236 e. The summed E-state index contributed by atoms with van der Waals surface area (Å²) in [7, 11) is 0. The topological polar surface area (TPSA) is 0 Å². The summed E-state index contributed by atoms with van der Waals surface area (Å²) in [5.74, 6) is 0.